The SMILES string of the molecule is CN1CCC(CN(C)S(=O)(=O)c2cc(CO)oc2Br)CC1. The van der Waals surface area contributed by atoms with Crippen molar-refractivity contribution in [2.45, 2.75) is 24.3 Å². The van der Waals surface area contributed by atoms with Gasteiger partial charge in [0.1, 0.15) is 17.3 Å². The Balaban J connectivity index is 2.09. The van der Waals surface area contributed by atoms with Crippen LogP contribution in [0.1, 0.15) is 18.6 Å². The summed E-state index contributed by atoms with van der Waals surface area (Å²) < 4.78 is 31.8. The highest BCUT2D eigenvalue weighted by Gasteiger charge is 2.29. The van der Waals surface area contributed by atoms with E-state index >= 15 is 0 Å². The van der Waals surface area contributed by atoms with E-state index in [1.165, 1.54) is 10.4 Å². The van der Waals surface area contributed by atoms with Crippen LogP contribution in [0.4, 0.5) is 0 Å². The number of aliphatic hydroxyl groups is 1. The Kier molecular flexibility index (Phi) is 5.48. The van der Waals surface area contributed by atoms with Gasteiger partial charge in [0, 0.05) is 19.7 Å². The summed E-state index contributed by atoms with van der Waals surface area (Å²) in [4.78, 5) is 2.33. The summed E-state index contributed by atoms with van der Waals surface area (Å²) in [5, 5.41) is 9.04. The van der Waals surface area contributed by atoms with Crippen LogP contribution in [0.3, 0.4) is 0 Å². The second kappa shape index (κ2) is 6.78. The number of piperidine rings is 1. The van der Waals surface area contributed by atoms with E-state index in [1.807, 2.05) is 0 Å². The molecule has 2 rings (SSSR count). The van der Waals surface area contributed by atoms with Crippen LogP contribution >= 0.6 is 15.9 Å². The van der Waals surface area contributed by atoms with E-state index in [4.69, 9.17) is 9.52 Å². The van der Waals surface area contributed by atoms with Crippen molar-refractivity contribution >= 4 is 26.0 Å². The van der Waals surface area contributed by atoms with E-state index in [9.17, 15) is 8.42 Å². The van der Waals surface area contributed by atoms with Crippen molar-refractivity contribution in [2.75, 3.05) is 33.7 Å². The predicted octanol–water partition coefficient (Wildman–Crippen LogP) is 1.50. The molecule has 0 bridgehead atoms. The van der Waals surface area contributed by atoms with Gasteiger partial charge >= 0.3 is 0 Å². The third-order valence-electron chi connectivity index (χ3n) is 3.90. The fraction of sp³-hybridized carbons (Fsp3) is 0.692. The van der Waals surface area contributed by atoms with Crippen LogP contribution in [0, 0.1) is 5.92 Å². The molecule has 6 nitrogen and oxygen atoms in total. The van der Waals surface area contributed by atoms with Crippen LogP contribution in [0.25, 0.3) is 0 Å². The molecule has 21 heavy (non-hydrogen) atoms. The molecule has 1 aliphatic heterocycles. The number of likely N-dealkylation sites (tertiary alicyclic amines) is 1. The van der Waals surface area contributed by atoms with Crippen LogP contribution in [-0.2, 0) is 16.6 Å². The van der Waals surface area contributed by atoms with Crippen molar-refractivity contribution in [3.05, 3.63) is 16.5 Å². The van der Waals surface area contributed by atoms with Gasteiger partial charge in [0.25, 0.3) is 0 Å². The Morgan fingerprint density at radius 1 is 1.48 bits per heavy atom. The minimum Gasteiger partial charge on any atom is -0.450 e. The summed E-state index contributed by atoms with van der Waals surface area (Å²) in [5.41, 5.74) is 0. The first-order chi connectivity index (χ1) is 9.84. The van der Waals surface area contributed by atoms with Gasteiger partial charge in [0.05, 0.1) is 0 Å². The van der Waals surface area contributed by atoms with Gasteiger partial charge in [0.15, 0.2) is 4.67 Å². The molecule has 2 heterocycles. The van der Waals surface area contributed by atoms with Crippen molar-refractivity contribution in [3.63, 3.8) is 0 Å². The number of hydrogen-bond acceptors (Lipinski definition) is 5. The number of rotatable bonds is 5. The molecule has 120 valence electrons. The maximum absolute atomic E-state index is 12.6. The second-order valence-corrected chi connectivity index (χ2v) is 8.27. The molecule has 1 aromatic heterocycles. The topological polar surface area (TPSA) is 74.0 Å². The number of nitrogens with zero attached hydrogens (tertiary/aromatic N) is 2. The molecule has 0 amide bonds. The molecule has 1 aliphatic rings. The fourth-order valence-corrected chi connectivity index (χ4v) is 4.73. The van der Waals surface area contributed by atoms with Gasteiger partial charge in [-0.1, -0.05) is 0 Å². The van der Waals surface area contributed by atoms with Gasteiger partial charge in [-0.25, -0.2) is 12.7 Å². The Hall–Kier alpha value is -0.410. The average Bonchev–Trinajstić information content (AvgIpc) is 2.83. The molecule has 1 fully saturated rings. The lowest BCUT2D eigenvalue weighted by atomic mass is 9.97. The first-order valence-electron chi connectivity index (χ1n) is 6.88. The predicted molar refractivity (Wildman–Crippen MR) is 82.4 cm³/mol. The number of furan rings is 1. The van der Waals surface area contributed by atoms with E-state index in [2.05, 4.69) is 27.9 Å². The maximum Gasteiger partial charge on any atom is 0.247 e. The molecule has 8 heteroatoms. The minimum absolute atomic E-state index is 0.0713. The molecule has 0 atom stereocenters. The number of aliphatic hydroxyl groups excluding tert-OH is 1. The molecule has 0 spiro atoms. The van der Waals surface area contributed by atoms with Crippen LogP contribution in [0.15, 0.2) is 20.0 Å². The van der Waals surface area contributed by atoms with Gasteiger partial charge in [0.2, 0.25) is 10.0 Å². The first kappa shape index (κ1) is 17.0. The molecule has 1 aromatic rings. The summed E-state index contributed by atoms with van der Waals surface area (Å²) in [7, 11) is 0.0642. The Morgan fingerprint density at radius 2 is 2.10 bits per heavy atom. The molecular weight excluding hydrogens is 360 g/mol. The summed E-state index contributed by atoms with van der Waals surface area (Å²) in [6.45, 7) is 2.18. The summed E-state index contributed by atoms with van der Waals surface area (Å²) >= 11 is 3.10. The standard InChI is InChI=1S/C13H21BrN2O4S/c1-15-5-3-10(4-6-15)8-16(2)21(18,19)12-7-11(9-17)20-13(12)14/h7,10,17H,3-6,8-9H2,1-2H3. The second-order valence-electron chi connectivity index (χ2n) is 5.54. The Morgan fingerprint density at radius 3 is 2.62 bits per heavy atom. The quantitative estimate of drug-likeness (QED) is 0.837. The molecule has 0 radical (unpaired) electrons. The van der Waals surface area contributed by atoms with Crippen LogP contribution in [-0.4, -0.2) is 56.5 Å². The average molecular weight is 381 g/mol. The van der Waals surface area contributed by atoms with Gasteiger partial charge in [-0.05, 0) is 54.8 Å². The third-order valence-corrected chi connectivity index (χ3v) is 6.58. The zero-order chi connectivity index (χ0) is 15.6. The maximum atomic E-state index is 12.6. The van der Waals surface area contributed by atoms with Gasteiger partial charge in [-0.15, -0.1) is 0 Å². The number of halogens is 1. The lowest BCUT2D eigenvalue weighted by Crippen LogP contribution is -2.37. The Labute approximate surface area is 133 Å². The van der Waals surface area contributed by atoms with Crippen LogP contribution < -0.4 is 0 Å². The highest BCUT2D eigenvalue weighted by molar-refractivity contribution is 9.10. The molecule has 1 saturated heterocycles. The van der Waals surface area contributed by atoms with Gasteiger partial charge in [-0.2, -0.15) is 0 Å². The van der Waals surface area contributed by atoms with Crippen molar-refractivity contribution in [1.29, 1.82) is 0 Å². The third kappa shape index (κ3) is 3.87. The summed E-state index contributed by atoms with van der Waals surface area (Å²) in [6, 6.07) is 1.37. The van der Waals surface area contributed by atoms with Gasteiger partial charge < -0.3 is 14.4 Å². The largest absolute Gasteiger partial charge is 0.450 e. The normalized spacial score (nSPS) is 18.5. The monoisotopic (exact) mass is 380 g/mol. The van der Waals surface area contributed by atoms with Crippen LogP contribution in [0.5, 0.6) is 0 Å². The smallest absolute Gasteiger partial charge is 0.247 e. The highest BCUT2D eigenvalue weighted by Crippen LogP contribution is 2.29. The molecule has 0 saturated carbocycles. The van der Waals surface area contributed by atoms with Crippen molar-refractivity contribution in [3.8, 4) is 0 Å². The van der Waals surface area contributed by atoms with E-state index in [0.717, 1.165) is 25.9 Å². The Bertz CT molecular complexity index is 579. The molecular formula is C13H21BrN2O4S. The lowest BCUT2D eigenvalue weighted by Gasteiger charge is -2.31. The summed E-state index contributed by atoms with van der Waals surface area (Å²) in [6.07, 6.45) is 2.01. The van der Waals surface area contributed by atoms with Crippen molar-refractivity contribution < 1.29 is 17.9 Å². The lowest BCUT2D eigenvalue weighted by molar-refractivity contribution is 0.202. The zero-order valence-corrected chi connectivity index (χ0v) is 14.7. The number of hydrogen-bond donors (Lipinski definition) is 1. The molecule has 0 aliphatic carbocycles. The highest BCUT2D eigenvalue weighted by atomic mass is 79.9. The van der Waals surface area contributed by atoms with Crippen molar-refractivity contribution in [2.24, 2.45) is 5.92 Å². The first-order valence-corrected chi connectivity index (χ1v) is 9.12. The van der Waals surface area contributed by atoms with Crippen molar-refractivity contribution in [1.82, 2.24) is 9.21 Å². The molecule has 1 N–H and O–H groups in total. The van der Waals surface area contributed by atoms with E-state index in [1.54, 1.807) is 7.05 Å². The zero-order valence-electron chi connectivity index (χ0n) is 12.2. The number of sulfonamides is 1. The van der Waals surface area contributed by atoms with E-state index in [-0.39, 0.29) is 21.9 Å². The molecule has 0 aromatic carbocycles. The summed E-state index contributed by atoms with van der Waals surface area (Å²) in [5.74, 6) is 0.608. The van der Waals surface area contributed by atoms with Crippen LogP contribution in [0.2, 0.25) is 0 Å². The molecule has 0 unspecified atom stereocenters. The van der Waals surface area contributed by atoms with E-state index in [0.29, 0.717) is 12.5 Å². The van der Waals surface area contributed by atoms with E-state index < -0.39 is 10.0 Å². The van der Waals surface area contributed by atoms with Gasteiger partial charge in [-0.3, -0.25) is 0 Å². The fourth-order valence-electron chi connectivity index (χ4n) is 2.53. The minimum atomic E-state index is -3.60.